The van der Waals surface area contributed by atoms with E-state index in [4.69, 9.17) is 0 Å². The van der Waals surface area contributed by atoms with Gasteiger partial charge in [-0.25, -0.2) is 14.4 Å². The first-order valence-electron chi connectivity index (χ1n) is 10.7. The number of carbonyl (C=O) groups is 1. The second-order valence-electron chi connectivity index (χ2n) is 8.49. The molecule has 4 heterocycles. The van der Waals surface area contributed by atoms with Gasteiger partial charge in [-0.1, -0.05) is 6.07 Å². The molecule has 1 aromatic carbocycles. The van der Waals surface area contributed by atoms with Gasteiger partial charge in [-0.3, -0.25) is 9.78 Å². The van der Waals surface area contributed by atoms with E-state index >= 15 is 0 Å². The third kappa shape index (κ3) is 3.69. The van der Waals surface area contributed by atoms with Crippen LogP contribution in [-0.2, 0) is 0 Å². The smallest absolute Gasteiger partial charge is 0.229 e. The normalized spacial score (nSPS) is 19.8. The highest BCUT2D eigenvalue weighted by Gasteiger charge is 2.41. The first-order valence-corrected chi connectivity index (χ1v) is 10.7. The molecule has 0 spiro atoms. The number of hydrogen-bond donors (Lipinski definition) is 1. The molecule has 7 heteroatoms. The summed E-state index contributed by atoms with van der Waals surface area (Å²) < 4.78 is 14.2. The van der Waals surface area contributed by atoms with Crippen molar-refractivity contribution < 1.29 is 9.18 Å². The van der Waals surface area contributed by atoms with E-state index in [0.29, 0.717) is 35.9 Å². The summed E-state index contributed by atoms with van der Waals surface area (Å²) in [5, 5.41) is 3.33. The fraction of sp³-hybridized carbons (Fsp3) is 0.280. The van der Waals surface area contributed by atoms with Gasteiger partial charge in [0, 0.05) is 53.4 Å². The van der Waals surface area contributed by atoms with E-state index < -0.39 is 11.9 Å². The van der Waals surface area contributed by atoms with Gasteiger partial charge >= 0.3 is 0 Å². The van der Waals surface area contributed by atoms with Gasteiger partial charge in [-0.2, -0.15) is 0 Å². The van der Waals surface area contributed by atoms with Crippen molar-refractivity contribution in [2.45, 2.75) is 26.8 Å². The van der Waals surface area contributed by atoms with Gasteiger partial charge in [-0.15, -0.1) is 0 Å². The Balaban J connectivity index is 1.50. The van der Waals surface area contributed by atoms with Crippen LogP contribution in [-0.4, -0.2) is 39.9 Å². The molecule has 0 bridgehead atoms. The predicted octanol–water partition coefficient (Wildman–Crippen LogP) is 3.78. The van der Waals surface area contributed by atoms with Crippen molar-refractivity contribution in [1.29, 1.82) is 0 Å². The van der Waals surface area contributed by atoms with Crippen molar-refractivity contribution in [3.8, 4) is 11.3 Å². The van der Waals surface area contributed by atoms with Crippen LogP contribution >= 0.6 is 0 Å². The molecule has 1 N–H and O–H groups in total. The standard InChI is InChI=1S/C25H24FN5O/c1-14-5-4-6-22(28-14)19-8-7-18(26)10-20(19)24(32)23-21-13-31(12-17(21)11-27-23)25-29-15(2)9-16(3)30-25/h4-10,13,17,23,27H,11-12H2,1-3H3. The van der Waals surface area contributed by atoms with Gasteiger partial charge in [-0.05, 0) is 62.7 Å². The minimum atomic E-state index is -0.513. The molecule has 5 rings (SSSR count). The number of aryl methyl sites for hydroxylation is 3. The number of hydrogen-bond acceptors (Lipinski definition) is 6. The number of anilines is 1. The van der Waals surface area contributed by atoms with Crippen molar-refractivity contribution in [2.24, 2.45) is 5.92 Å². The summed E-state index contributed by atoms with van der Waals surface area (Å²) in [4.78, 5) is 29.3. The van der Waals surface area contributed by atoms with Crippen LogP contribution in [0.5, 0.6) is 0 Å². The van der Waals surface area contributed by atoms with E-state index in [-0.39, 0.29) is 11.7 Å². The summed E-state index contributed by atoms with van der Waals surface area (Å²) in [6.07, 6.45) is 1.98. The molecule has 0 radical (unpaired) electrons. The van der Waals surface area contributed by atoms with Crippen LogP contribution in [0.3, 0.4) is 0 Å². The van der Waals surface area contributed by atoms with Crippen LogP contribution in [0.4, 0.5) is 10.3 Å². The van der Waals surface area contributed by atoms with E-state index in [0.717, 1.165) is 22.7 Å². The number of pyridine rings is 1. The van der Waals surface area contributed by atoms with Crippen molar-refractivity contribution in [3.63, 3.8) is 0 Å². The molecule has 2 aliphatic heterocycles. The molecule has 162 valence electrons. The number of ketones is 1. The minimum Gasteiger partial charge on any atom is -0.316 e. The largest absolute Gasteiger partial charge is 0.316 e. The van der Waals surface area contributed by atoms with Crippen molar-refractivity contribution >= 4 is 11.7 Å². The Bertz CT molecular complexity index is 1230. The monoisotopic (exact) mass is 429 g/mol. The average Bonchev–Trinajstić information content (AvgIpc) is 3.33. The maximum Gasteiger partial charge on any atom is 0.229 e. The molecule has 2 atom stereocenters. The zero-order valence-corrected chi connectivity index (χ0v) is 18.3. The van der Waals surface area contributed by atoms with Crippen LogP contribution < -0.4 is 10.2 Å². The van der Waals surface area contributed by atoms with Crippen LogP contribution in [0.15, 0.2) is 54.2 Å². The Hall–Kier alpha value is -3.45. The number of halogens is 1. The number of Topliss-reactive ketones (excluding diaryl/α,β-unsaturated/α-hetero) is 1. The third-order valence-electron chi connectivity index (χ3n) is 6.00. The van der Waals surface area contributed by atoms with Gasteiger partial charge in [0.15, 0.2) is 5.78 Å². The second kappa shape index (κ2) is 7.91. The number of nitrogens with one attached hydrogen (secondary N) is 1. The molecule has 32 heavy (non-hydrogen) atoms. The zero-order valence-electron chi connectivity index (χ0n) is 18.3. The van der Waals surface area contributed by atoms with E-state index in [1.807, 2.05) is 56.1 Å². The Labute approximate surface area is 186 Å². The number of nitrogens with zero attached hydrogens (tertiary/aromatic N) is 4. The molecule has 3 aromatic rings. The lowest BCUT2D eigenvalue weighted by Gasteiger charge is -2.17. The number of carbonyl (C=O) groups excluding carboxylic acids is 1. The maximum absolute atomic E-state index is 14.2. The lowest BCUT2D eigenvalue weighted by Crippen LogP contribution is -2.33. The first-order chi connectivity index (χ1) is 15.4. The topological polar surface area (TPSA) is 71.0 Å². The molecule has 2 aromatic heterocycles. The van der Waals surface area contributed by atoms with Gasteiger partial charge in [0.05, 0.1) is 11.7 Å². The molecule has 2 unspecified atom stereocenters. The molecular weight excluding hydrogens is 405 g/mol. The number of aromatic nitrogens is 3. The Kier molecular flexibility index (Phi) is 5.06. The molecule has 6 nitrogen and oxygen atoms in total. The van der Waals surface area contributed by atoms with Gasteiger partial charge in [0.1, 0.15) is 5.82 Å². The van der Waals surface area contributed by atoms with Crippen LogP contribution in [0.1, 0.15) is 27.4 Å². The Morgan fingerprint density at radius 2 is 1.81 bits per heavy atom. The quantitative estimate of drug-likeness (QED) is 0.637. The van der Waals surface area contributed by atoms with Crippen LogP contribution in [0, 0.1) is 32.5 Å². The summed E-state index contributed by atoms with van der Waals surface area (Å²) in [6, 6.07) is 11.4. The highest BCUT2D eigenvalue weighted by Crippen LogP contribution is 2.34. The van der Waals surface area contributed by atoms with Crippen molar-refractivity contribution in [1.82, 2.24) is 20.3 Å². The maximum atomic E-state index is 14.2. The van der Waals surface area contributed by atoms with E-state index in [1.165, 1.54) is 12.1 Å². The lowest BCUT2D eigenvalue weighted by atomic mass is 9.91. The predicted molar refractivity (Wildman–Crippen MR) is 121 cm³/mol. The van der Waals surface area contributed by atoms with Gasteiger partial charge in [0.2, 0.25) is 5.95 Å². The van der Waals surface area contributed by atoms with E-state index in [9.17, 15) is 9.18 Å². The highest BCUT2D eigenvalue weighted by molar-refractivity contribution is 6.07. The number of fused-ring (bicyclic) bond motifs is 1. The first kappa shape index (κ1) is 20.5. The lowest BCUT2D eigenvalue weighted by molar-refractivity contribution is 0.0966. The fourth-order valence-corrected chi connectivity index (χ4v) is 4.56. The Morgan fingerprint density at radius 1 is 1.03 bits per heavy atom. The molecule has 0 aliphatic carbocycles. The van der Waals surface area contributed by atoms with Gasteiger partial charge in [0.25, 0.3) is 0 Å². The SMILES string of the molecule is Cc1cccc(-c2ccc(F)cc2C(=O)C2NCC3CN(c4nc(C)cc(C)n4)C=C32)n1. The van der Waals surface area contributed by atoms with E-state index in [1.54, 1.807) is 6.07 Å². The molecular formula is C25H24FN5O. The third-order valence-corrected chi connectivity index (χ3v) is 6.00. The number of benzene rings is 1. The average molecular weight is 429 g/mol. The van der Waals surface area contributed by atoms with Crippen molar-refractivity contribution in [3.05, 3.63) is 82.7 Å². The molecule has 0 saturated carbocycles. The highest BCUT2D eigenvalue weighted by atomic mass is 19.1. The summed E-state index contributed by atoms with van der Waals surface area (Å²) in [5.74, 6) is 0.234. The van der Waals surface area contributed by atoms with Crippen LogP contribution in [0.2, 0.25) is 0 Å². The molecule has 1 saturated heterocycles. The minimum absolute atomic E-state index is 0.153. The summed E-state index contributed by atoms with van der Waals surface area (Å²) >= 11 is 0. The molecule has 0 amide bonds. The summed E-state index contributed by atoms with van der Waals surface area (Å²) in [6.45, 7) is 7.17. The number of rotatable bonds is 4. The molecule has 1 fully saturated rings. The second-order valence-corrected chi connectivity index (χ2v) is 8.49. The van der Waals surface area contributed by atoms with Crippen molar-refractivity contribution in [2.75, 3.05) is 18.0 Å². The summed E-state index contributed by atoms with van der Waals surface area (Å²) in [5.41, 5.74) is 5.28. The Morgan fingerprint density at radius 3 is 2.56 bits per heavy atom. The summed E-state index contributed by atoms with van der Waals surface area (Å²) in [7, 11) is 0. The zero-order chi connectivity index (χ0) is 22.4. The van der Waals surface area contributed by atoms with E-state index in [2.05, 4.69) is 20.3 Å². The molecule has 2 aliphatic rings. The van der Waals surface area contributed by atoms with Gasteiger partial charge < -0.3 is 10.2 Å². The van der Waals surface area contributed by atoms with Crippen LogP contribution in [0.25, 0.3) is 11.3 Å². The fourth-order valence-electron chi connectivity index (χ4n) is 4.56.